The van der Waals surface area contributed by atoms with Gasteiger partial charge in [-0.1, -0.05) is 6.08 Å². The fourth-order valence-corrected chi connectivity index (χ4v) is 0. The minimum absolute atomic E-state index is 0.852. The number of aliphatic hydroxyl groups is 1. The van der Waals surface area contributed by atoms with E-state index in [-0.39, 0.29) is 0 Å². The molecule has 1 atom stereocenters. The van der Waals surface area contributed by atoms with Crippen molar-refractivity contribution in [1.29, 1.82) is 0 Å². The van der Waals surface area contributed by atoms with Gasteiger partial charge in [-0.25, -0.2) is 0 Å². The summed E-state index contributed by atoms with van der Waals surface area (Å²) in [6, 6.07) is 0. The smallest absolute Gasteiger partial charge is 0.0754 e. The van der Waals surface area contributed by atoms with Gasteiger partial charge in [-0.2, -0.15) is 0 Å². The van der Waals surface area contributed by atoms with Crippen LogP contribution in [0.15, 0.2) is 12.7 Å². The third-order valence-electron chi connectivity index (χ3n) is 0.241. The summed E-state index contributed by atoms with van der Waals surface area (Å²) in [4.78, 5) is 0. The molecule has 0 heterocycles. The molecule has 28 valence electrons. The molecule has 1 N–H and O–H groups in total. The highest BCUT2D eigenvalue weighted by Gasteiger charge is 1.76. The zero-order valence-corrected chi connectivity index (χ0v) is 2.89. The van der Waals surface area contributed by atoms with E-state index in [4.69, 9.17) is 12.0 Å². The first-order chi connectivity index (χ1) is 2.27. The first-order valence-electron chi connectivity index (χ1n) is 1.33. The van der Waals surface area contributed by atoms with Gasteiger partial charge in [-0.05, 0) is 0 Å². The molecule has 1 heteroatoms. The lowest BCUT2D eigenvalue weighted by molar-refractivity contribution is 0.269. The SMILES string of the molecule is [CH]C(O)C=C. The zero-order chi connectivity index (χ0) is 4.28. The highest BCUT2D eigenvalue weighted by Crippen LogP contribution is 1.72. The van der Waals surface area contributed by atoms with E-state index in [2.05, 4.69) is 6.58 Å². The molecular weight excluding hydrogens is 64.0 g/mol. The van der Waals surface area contributed by atoms with E-state index in [1.807, 2.05) is 0 Å². The van der Waals surface area contributed by atoms with Crippen molar-refractivity contribution in [2.24, 2.45) is 0 Å². The first kappa shape index (κ1) is 4.70. The van der Waals surface area contributed by atoms with Crippen LogP contribution in [-0.2, 0) is 0 Å². The summed E-state index contributed by atoms with van der Waals surface area (Å²) in [6.45, 7) is 7.91. The lowest BCUT2D eigenvalue weighted by atomic mass is 10.4. The lowest BCUT2D eigenvalue weighted by Crippen LogP contribution is -1.89. The van der Waals surface area contributed by atoms with E-state index in [0.29, 0.717) is 0 Å². The molecule has 5 heavy (non-hydrogen) atoms. The third-order valence-corrected chi connectivity index (χ3v) is 0.241. The third kappa shape index (κ3) is 3.70. The largest absolute Gasteiger partial charge is 0.389 e. The predicted octanol–water partition coefficient (Wildman–Crippen LogP) is 0.244. The molecule has 0 aliphatic carbocycles. The molecule has 0 aromatic carbocycles. The summed E-state index contributed by atoms with van der Waals surface area (Å²) in [7, 11) is 0. The molecule has 0 aromatic rings. The molecule has 0 saturated carbocycles. The normalized spacial score (nSPS) is 14.0. The second-order valence-electron chi connectivity index (χ2n) is 0.726. The van der Waals surface area contributed by atoms with Gasteiger partial charge in [0.2, 0.25) is 0 Å². The lowest BCUT2D eigenvalue weighted by Gasteiger charge is -1.83. The zero-order valence-electron chi connectivity index (χ0n) is 2.89. The summed E-state index contributed by atoms with van der Waals surface area (Å²) in [5.41, 5.74) is 0. The van der Waals surface area contributed by atoms with Crippen LogP contribution in [0.25, 0.3) is 0 Å². The average molecular weight is 70.1 g/mol. The molecule has 0 aromatic heterocycles. The van der Waals surface area contributed by atoms with Crippen LogP contribution in [0.4, 0.5) is 0 Å². The van der Waals surface area contributed by atoms with Crippen molar-refractivity contribution in [3.8, 4) is 0 Å². The minimum Gasteiger partial charge on any atom is -0.389 e. The molecular formula is C4H6O. The molecule has 1 unspecified atom stereocenters. The molecule has 0 saturated heterocycles. The Labute approximate surface area is 31.9 Å². The van der Waals surface area contributed by atoms with Crippen LogP contribution < -0.4 is 0 Å². The maximum atomic E-state index is 8.02. The van der Waals surface area contributed by atoms with Gasteiger partial charge in [0.25, 0.3) is 0 Å². The van der Waals surface area contributed by atoms with Gasteiger partial charge in [-0.15, -0.1) is 6.58 Å². The van der Waals surface area contributed by atoms with E-state index >= 15 is 0 Å². The number of aliphatic hydroxyl groups excluding tert-OH is 1. The van der Waals surface area contributed by atoms with Crippen LogP contribution in [-0.4, -0.2) is 11.2 Å². The first-order valence-corrected chi connectivity index (χ1v) is 1.33. The minimum atomic E-state index is -0.852. The van der Waals surface area contributed by atoms with Crippen LogP contribution in [0, 0.1) is 6.92 Å². The van der Waals surface area contributed by atoms with Gasteiger partial charge in [0.1, 0.15) is 0 Å². The molecule has 0 aliphatic rings. The molecule has 2 radical (unpaired) electrons. The molecule has 1 nitrogen and oxygen atoms in total. The predicted molar refractivity (Wildman–Crippen MR) is 20.5 cm³/mol. The van der Waals surface area contributed by atoms with Crippen LogP contribution in [0.2, 0.25) is 0 Å². The molecule has 0 aliphatic heterocycles. The Balaban J connectivity index is 2.83. The van der Waals surface area contributed by atoms with Crippen LogP contribution in [0.3, 0.4) is 0 Å². The monoisotopic (exact) mass is 70.0 g/mol. The van der Waals surface area contributed by atoms with Crippen molar-refractivity contribution < 1.29 is 5.11 Å². The van der Waals surface area contributed by atoms with Gasteiger partial charge in [0, 0.05) is 6.92 Å². The van der Waals surface area contributed by atoms with Crippen LogP contribution >= 0.6 is 0 Å². The summed E-state index contributed by atoms with van der Waals surface area (Å²) in [6.07, 6.45) is 0.398. The maximum Gasteiger partial charge on any atom is 0.0754 e. The number of hydrogen-bond donors (Lipinski definition) is 1. The number of hydrogen-bond acceptors (Lipinski definition) is 1. The Kier molecular flexibility index (Phi) is 1.85. The quantitative estimate of drug-likeness (QED) is 0.438. The fraction of sp³-hybridized carbons (Fsp3) is 0.250. The Morgan fingerprint density at radius 3 is 2.20 bits per heavy atom. The van der Waals surface area contributed by atoms with E-state index in [0.717, 1.165) is 0 Å². The Morgan fingerprint density at radius 1 is 2.00 bits per heavy atom. The Hall–Kier alpha value is -0.300. The maximum absolute atomic E-state index is 8.02. The van der Waals surface area contributed by atoms with Gasteiger partial charge in [0.15, 0.2) is 0 Å². The fourth-order valence-electron chi connectivity index (χ4n) is 0. The number of rotatable bonds is 1. The summed E-state index contributed by atoms with van der Waals surface area (Å²) in [5, 5.41) is 8.02. The van der Waals surface area contributed by atoms with Crippen molar-refractivity contribution in [2.75, 3.05) is 0 Å². The Morgan fingerprint density at radius 2 is 2.20 bits per heavy atom. The van der Waals surface area contributed by atoms with Gasteiger partial charge < -0.3 is 5.11 Å². The molecule has 0 amide bonds. The van der Waals surface area contributed by atoms with E-state index < -0.39 is 6.10 Å². The van der Waals surface area contributed by atoms with Gasteiger partial charge >= 0.3 is 0 Å². The molecule has 0 fully saturated rings. The summed E-state index contributed by atoms with van der Waals surface area (Å²) < 4.78 is 0. The topological polar surface area (TPSA) is 20.2 Å². The second-order valence-corrected chi connectivity index (χ2v) is 0.726. The molecule has 0 bridgehead atoms. The Bertz CT molecular complexity index is 30.6. The van der Waals surface area contributed by atoms with Crippen molar-refractivity contribution in [3.05, 3.63) is 19.6 Å². The molecule has 0 spiro atoms. The summed E-state index contributed by atoms with van der Waals surface area (Å²) >= 11 is 0. The molecule has 0 rings (SSSR count). The van der Waals surface area contributed by atoms with Crippen molar-refractivity contribution in [3.63, 3.8) is 0 Å². The second kappa shape index (κ2) is 1.97. The van der Waals surface area contributed by atoms with Crippen molar-refractivity contribution in [1.82, 2.24) is 0 Å². The van der Waals surface area contributed by atoms with Crippen LogP contribution in [0.1, 0.15) is 0 Å². The van der Waals surface area contributed by atoms with Crippen LogP contribution in [0.5, 0.6) is 0 Å². The standard InChI is InChI=1S/C4H6O/c1-3-4(2)5/h2-5H,1H2. The average Bonchev–Trinajstić information content (AvgIpc) is 1.38. The van der Waals surface area contributed by atoms with Crippen molar-refractivity contribution >= 4 is 0 Å². The summed E-state index contributed by atoms with van der Waals surface area (Å²) in [5.74, 6) is 0. The van der Waals surface area contributed by atoms with E-state index in [1.54, 1.807) is 0 Å². The van der Waals surface area contributed by atoms with Crippen molar-refractivity contribution in [2.45, 2.75) is 6.10 Å². The van der Waals surface area contributed by atoms with E-state index in [9.17, 15) is 0 Å². The van der Waals surface area contributed by atoms with Gasteiger partial charge in [-0.3, -0.25) is 0 Å². The highest BCUT2D eigenvalue weighted by molar-refractivity contribution is 4.78. The van der Waals surface area contributed by atoms with Gasteiger partial charge in [0.05, 0.1) is 6.10 Å². The highest BCUT2D eigenvalue weighted by atomic mass is 16.3. The van der Waals surface area contributed by atoms with E-state index in [1.165, 1.54) is 6.08 Å².